The fourth-order valence-electron chi connectivity index (χ4n) is 1.21. The zero-order valence-electron chi connectivity index (χ0n) is 5.72. The van der Waals surface area contributed by atoms with Gasteiger partial charge < -0.3 is 0 Å². The zero-order valence-corrected chi connectivity index (χ0v) is 5.72. The monoisotopic (exact) mass is 110 g/mol. The van der Waals surface area contributed by atoms with Crippen molar-refractivity contribution in [3.8, 4) is 0 Å². The first-order valence-electron chi connectivity index (χ1n) is 3.47. The molecule has 0 amide bonds. The third-order valence-electron chi connectivity index (χ3n) is 1.91. The molecule has 1 aliphatic rings. The summed E-state index contributed by atoms with van der Waals surface area (Å²) in [7, 11) is 0. The largest absolute Gasteiger partial charge is 0.0882 e. The maximum Gasteiger partial charge on any atom is -0.0207 e. The maximum atomic E-state index is 2.35. The van der Waals surface area contributed by atoms with Crippen LogP contribution in [0.5, 0.6) is 0 Å². The average molecular weight is 110 g/mol. The Kier molecular flexibility index (Phi) is 1.72. The summed E-state index contributed by atoms with van der Waals surface area (Å²) < 4.78 is 0. The molecule has 0 aromatic heterocycles. The Hall–Kier alpha value is -0.260. The molecular formula is C8H14. The molecule has 0 nitrogen and oxygen atoms in total. The van der Waals surface area contributed by atoms with Gasteiger partial charge in [-0.15, -0.1) is 0 Å². The summed E-state index contributed by atoms with van der Waals surface area (Å²) in [6.45, 7) is 4.58. The number of hydrogen-bond acceptors (Lipinski definition) is 0. The van der Waals surface area contributed by atoms with Gasteiger partial charge in [0.15, 0.2) is 0 Å². The van der Waals surface area contributed by atoms with Gasteiger partial charge >= 0.3 is 0 Å². The van der Waals surface area contributed by atoms with Crippen LogP contribution in [0.2, 0.25) is 0 Å². The van der Waals surface area contributed by atoms with Crippen molar-refractivity contribution >= 4 is 0 Å². The number of hydrogen-bond donors (Lipinski definition) is 0. The van der Waals surface area contributed by atoms with Gasteiger partial charge in [-0.2, -0.15) is 0 Å². The second-order valence-electron chi connectivity index (χ2n) is 2.91. The van der Waals surface area contributed by atoms with Crippen LogP contribution in [0.15, 0.2) is 12.2 Å². The lowest BCUT2D eigenvalue weighted by molar-refractivity contribution is 0.459. The Labute approximate surface area is 51.6 Å². The molecular weight excluding hydrogens is 96.1 g/mol. The van der Waals surface area contributed by atoms with E-state index in [1.54, 1.807) is 0 Å². The molecule has 0 N–H and O–H groups in total. The van der Waals surface area contributed by atoms with E-state index >= 15 is 0 Å². The zero-order chi connectivity index (χ0) is 5.98. The van der Waals surface area contributed by atoms with Crippen LogP contribution in [0.3, 0.4) is 0 Å². The molecule has 0 spiro atoms. The van der Waals surface area contributed by atoms with Crippen LogP contribution in [0, 0.1) is 11.8 Å². The van der Waals surface area contributed by atoms with Crippen molar-refractivity contribution in [1.29, 1.82) is 0 Å². The molecule has 0 heterocycles. The molecule has 8 heavy (non-hydrogen) atoms. The standard InChI is InChI=1S/C8H14/c1-7(2)8-5-3-4-6-8/h3,5,7-8H,4,6H2,1-2H3. The van der Waals surface area contributed by atoms with Crippen LogP contribution in [-0.2, 0) is 0 Å². The molecule has 1 atom stereocenters. The second-order valence-corrected chi connectivity index (χ2v) is 2.91. The minimum atomic E-state index is 0.855. The van der Waals surface area contributed by atoms with Crippen LogP contribution in [0.25, 0.3) is 0 Å². The fraction of sp³-hybridized carbons (Fsp3) is 0.750. The SMILES string of the molecule is CC(C)C1C=CCC1. The summed E-state index contributed by atoms with van der Waals surface area (Å²) in [6, 6.07) is 0. The van der Waals surface area contributed by atoms with Crippen LogP contribution >= 0.6 is 0 Å². The van der Waals surface area contributed by atoms with Gasteiger partial charge in [-0.25, -0.2) is 0 Å². The van der Waals surface area contributed by atoms with Crippen molar-refractivity contribution in [3.05, 3.63) is 12.2 Å². The highest BCUT2D eigenvalue weighted by atomic mass is 14.2. The first kappa shape index (κ1) is 5.87. The minimum Gasteiger partial charge on any atom is -0.0882 e. The Bertz CT molecular complexity index is 90.2. The van der Waals surface area contributed by atoms with Gasteiger partial charge in [0.05, 0.1) is 0 Å². The third kappa shape index (κ3) is 1.12. The van der Waals surface area contributed by atoms with Crippen molar-refractivity contribution in [2.75, 3.05) is 0 Å². The lowest BCUT2D eigenvalue weighted by atomic mass is 9.96. The summed E-state index contributed by atoms with van der Waals surface area (Å²) in [5.74, 6) is 1.74. The maximum absolute atomic E-state index is 2.35. The average Bonchev–Trinajstić information content (AvgIpc) is 2.12. The van der Waals surface area contributed by atoms with E-state index < -0.39 is 0 Å². The minimum absolute atomic E-state index is 0.855. The van der Waals surface area contributed by atoms with Crippen molar-refractivity contribution in [1.82, 2.24) is 0 Å². The van der Waals surface area contributed by atoms with Gasteiger partial charge in [-0.3, -0.25) is 0 Å². The predicted octanol–water partition coefficient (Wildman–Crippen LogP) is 2.61. The summed E-state index contributed by atoms with van der Waals surface area (Å²) in [5.41, 5.74) is 0. The van der Waals surface area contributed by atoms with Crippen molar-refractivity contribution < 1.29 is 0 Å². The van der Waals surface area contributed by atoms with Crippen molar-refractivity contribution in [2.24, 2.45) is 11.8 Å². The van der Waals surface area contributed by atoms with E-state index in [9.17, 15) is 0 Å². The third-order valence-corrected chi connectivity index (χ3v) is 1.91. The van der Waals surface area contributed by atoms with Crippen LogP contribution in [0.1, 0.15) is 26.7 Å². The van der Waals surface area contributed by atoms with E-state index in [-0.39, 0.29) is 0 Å². The lowest BCUT2D eigenvalue weighted by Crippen LogP contribution is -2.00. The van der Waals surface area contributed by atoms with Crippen molar-refractivity contribution in [3.63, 3.8) is 0 Å². The second kappa shape index (κ2) is 2.34. The molecule has 0 fully saturated rings. The molecule has 0 aromatic carbocycles. The molecule has 0 saturated carbocycles. The van der Waals surface area contributed by atoms with Gasteiger partial charge in [-0.1, -0.05) is 26.0 Å². The van der Waals surface area contributed by atoms with Gasteiger partial charge in [0.25, 0.3) is 0 Å². The number of allylic oxidation sites excluding steroid dienone is 2. The van der Waals surface area contributed by atoms with E-state index in [1.165, 1.54) is 12.8 Å². The molecule has 0 saturated heterocycles. The van der Waals surface area contributed by atoms with E-state index in [1.807, 2.05) is 0 Å². The molecule has 0 aromatic rings. The van der Waals surface area contributed by atoms with Crippen molar-refractivity contribution in [2.45, 2.75) is 26.7 Å². The summed E-state index contributed by atoms with van der Waals surface area (Å²) >= 11 is 0. The van der Waals surface area contributed by atoms with Crippen LogP contribution in [-0.4, -0.2) is 0 Å². The quantitative estimate of drug-likeness (QED) is 0.455. The highest BCUT2D eigenvalue weighted by molar-refractivity contribution is 4.96. The van der Waals surface area contributed by atoms with E-state index in [2.05, 4.69) is 26.0 Å². The predicted molar refractivity (Wildman–Crippen MR) is 36.7 cm³/mol. The fourth-order valence-corrected chi connectivity index (χ4v) is 1.21. The molecule has 46 valence electrons. The van der Waals surface area contributed by atoms with Gasteiger partial charge in [0.1, 0.15) is 0 Å². The topological polar surface area (TPSA) is 0 Å². The molecule has 0 heteroatoms. The normalized spacial score (nSPS) is 27.6. The van der Waals surface area contributed by atoms with Crippen LogP contribution < -0.4 is 0 Å². The molecule has 0 bridgehead atoms. The van der Waals surface area contributed by atoms with E-state index in [4.69, 9.17) is 0 Å². The summed E-state index contributed by atoms with van der Waals surface area (Å²) in [4.78, 5) is 0. The Morgan fingerprint density at radius 3 is 2.50 bits per heavy atom. The lowest BCUT2D eigenvalue weighted by Gasteiger charge is -2.09. The van der Waals surface area contributed by atoms with E-state index in [0.29, 0.717) is 0 Å². The first-order valence-corrected chi connectivity index (χ1v) is 3.47. The Balaban J connectivity index is 2.36. The van der Waals surface area contributed by atoms with Crippen LogP contribution in [0.4, 0.5) is 0 Å². The molecule has 0 aliphatic heterocycles. The Morgan fingerprint density at radius 2 is 2.25 bits per heavy atom. The Morgan fingerprint density at radius 1 is 1.50 bits per heavy atom. The van der Waals surface area contributed by atoms with Gasteiger partial charge in [-0.05, 0) is 24.7 Å². The first-order chi connectivity index (χ1) is 3.80. The summed E-state index contributed by atoms with van der Waals surface area (Å²) in [5, 5.41) is 0. The molecule has 1 aliphatic carbocycles. The van der Waals surface area contributed by atoms with Gasteiger partial charge in [0, 0.05) is 0 Å². The summed E-state index contributed by atoms with van der Waals surface area (Å²) in [6.07, 6.45) is 7.34. The molecule has 1 unspecified atom stereocenters. The molecule has 1 rings (SSSR count). The molecule has 0 radical (unpaired) electrons. The van der Waals surface area contributed by atoms with E-state index in [0.717, 1.165) is 11.8 Å². The van der Waals surface area contributed by atoms with Gasteiger partial charge in [0.2, 0.25) is 0 Å². The smallest absolute Gasteiger partial charge is 0.0207 e. The highest BCUT2D eigenvalue weighted by Crippen LogP contribution is 2.23. The number of rotatable bonds is 1. The highest BCUT2D eigenvalue weighted by Gasteiger charge is 2.11.